The molecule has 0 saturated carbocycles. The van der Waals surface area contributed by atoms with Crippen LogP contribution in [0.4, 0.5) is 0 Å². The second-order valence-corrected chi connectivity index (χ2v) is 6.97. The molecule has 6 nitrogen and oxygen atoms in total. The molecule has 8 heteroatoms. The molecule has 4 N–H and O–H groups in total. The van der Waals surface area contributed by atoms with Gasteiger partial charge in [0.05, 0.1) is 6.61 Å². The molecule has 1 saturated heterocycles. The molecular weight excluding hydrogens is 436 g/mol. The second-order valence-electron chi connectivity index (χ2n) is 5.26. The Morgan fingerprint density at radius 3 is 2.17 bits per heavy atom. The molecule has 0 radical (unpaired) electrons. The molecule has 124 valence electrons. The number of aromatic hydroxyl groups is 1. The van der Waals surface area contributed by atoms with Gasteiger partial charge in [-0.1, -0.05) is 0 Å². The summed E-state index contributed by atoms with van der Waals surface area (Å²) in [6.07, 6.45) is -4.68. The molecule has 0 aromatic heterocycles. The van der Waals surface area contributed by atoms with E-state index >= 15 is 0 Å². The topological polar surface area (TPSA) is 99.4 Å². The van der Waals surface area contributed by atoms with E-state index in [-0.39, 0.29) is 11.5 Å². The number of halogens is 2. The zero-order valence-electron chi connectivity index (χ0n) is 11.7. The first-order chi connectivity index (χ1) is 10.9. The number of benzene rings is 2. The summed E-state index contributed by atoms with van der Waals surface area (Å²) in [6, 6.07) is 6.83. The minimum absolute atomic E-state index is 0.113. The Morgan fingerprint density at radius 1 is 1.00 bits per heavy atom. The summed E-state index contributed by atoms with van der Waals surface area (Å²) < 4.78 is 12.4. The molecule has 1 heterocycles. The molecule has 1 fully saturated rings. The van der Waals surface area contributed by atoms with Gasteiger partial charge in [0.2, 0.25) is 6.29 Å². The van der Waals surface area contributed by atoms with Gasteiger partial charge in [0.25, 0.3) is 0 Å². The molecule has 0 spiro atoms. The zero-order valence-corrected chi connectivity index (χ0v) is 14.9. The average Bonchev–Trinajstić information content (AvgIpc) is 2.78. The third-order valence-corrected chi connectivity index (χ3v) is 5.54. The lowest BCUT2D eigenvalue weighted by molar-refractivity contribution is -0.117. The number of aliphatic hydroxyl groups is 3. The molecule has 1 aliphatic rings. The van der Waals surface area contributed by atoms with Crippen molar-refractivity contribution in [2.24, 2.45) is 0 Å². The summed E-state index contributed by atoms with van der Waals surface area (Å²) in [5, 5.41) is 40.4. The highest BCUT2D eigenvalue weighted by molar-refractivity contribution is 9.13. The third-order valence-electron chi connectivity index (χ3n) is 3.70. The molecule has 0 bridgehead atoms. The van der Waals surface area contributed by atoms with Crippen molar-refractivity contribution in [3.63, 3.8) is 0 Å². The van der Waals surface area contributed by atoms with Crippen molar-refractivity contribution in [1.29, 1.82) is 0 Å². The highest BCUT2D eigenvalue weighted by Gasteiger charge is 2.44. The maximum atomic E-state index is 10.1. The van der Waals surface area contributed by atoms with Crippen molar-refractivity contribution >= 4 is 42.6 Å². The van der Waals surface area contributed by atoms with E-state index in [0.717, 1.165) is 19.7 Å². The van der Waals surface area contributed by atoms with E-state index in [1.807, 2.05) is 12.1 Å². The number of phenolic OH excluding ortho intramolecular Hbond substituents is 1. The van der Waals surface area contributed by atoms with Crippen molar-refractivity contribution in [3.05, 3.63) is 33.2 Å². The van der Waals surface area contributed by atoms with E-state index in [1.165, 1.54) is 6.07 Å². The van der Waals surface area contributed by atoms with Crippen LogP contribution >= 0.6 is 31.9 Å². The van der Waals surface area contributed by atoms with Crippen molar-refractivity contribution in [1.82, 2.24) is 0 Å². The number of aliphatic hydroxyl groups excluding tert-OH is 3. The Balaban J connectivity index is 1.91. The SMILES string of the molecule is OC[C@H]1O[C@@H](Oc2cc3cc(Br)c(Br)cc3cc2O)C(O)[C@H]1O. The van der Waals surface area contributed by atoms with Gasteiger partial charge in [0.1, 0.15) is 18.3 Å². The van der Waals surface area contributed by atoms with Crippen LogP contribution in [0.2, 0.25) is 0 Å². The number of hydrogen-bond donors (Lipinski definition) is 4. The van der Waals surface area contributed by atoms with Crippen LogP contribution in [0, 0.1) is 0 Å². The summed E-state index contributed by atoms with van der Waals surface area (Å²) in [5.74, 6) is -0.00831. The number of hydrogen-bond acceptors (Lipinski definition) is 6. The van der Waals surface area contributed by atoms with Gasteiger partial charge in [0, 0.05) is 8.95 Å². The summed E-state index contributed by atoms with van der Waals surface area (Å²) in [5.41, 5.74) is 0. The Bertz CT molecular complexity index is 737. The lowest BCUT2D eigenvalue weighted by atomic mass is 10.1. The summed E-state index contributed by atoms with van der Waals surface area (Å²) in [4.78, 5) is 0. The van der Waals surface area contributed by atoms with E-state index in [0.29, 0.717) is 0 Å². The fourth-order valence-corrected chi connectivity index (χ4v) is 3.17. The quantitative estimate of drug-likeness (QED) is 0.571. The monoisotopic (exact) mass is 448 g/mol. The van der Waals surface area contributed by atoms with Crippen LogP contribution in [0.3, 0.4) is 0 Å². The van der Waals surface area contributed by atoms with Crippen LogP contribution in [0.25, 0.3) is 10.8 Å². The zero-order chi connectivity index (χ0) is 16.7. The maximum absolute atomic E-state index is 10.1. The van der Waals surface area contributed by atoms with Crippen LogP contribution in [0.5, 0.6) is 11.5 Å². The van der Waals surface area contributed by atoms with Crippen LogP contribution in [0.15, 0.2) is 33.2 Å². The molecule has 2 aromatic rings. The summed E-state index contributed by atoms with van der Waals surface area (Å²) in [7, 11) is 0. The highest BCUT2D eigenvalue weighted by Crippen LogP contribution is 2.37. The molecule has 2 aromatic carbocycles. The van der Waals surface area contributed by atoms with Crippen molar-refractivity contribution < 1.29 is 29.9 Å². The first-order valence-electron chi connectivity index (χ1n) is 6.81. The smallest absolute Gasteiger partial charge is 0.229 e. The van der Waals surface area contributed by atoms with Crippen LogP contribution in [0.1, 0.15) is 0 Å². The van der Waals surface area contributed by atoms with E-state index in [1.54, 1.807) is 6.07 Å². The second kappa shape index (κ2) is 6.54. The lowest BCUT2D eigenvalue weighted by Gasteiger charge is -2.18. The summed E-state index contributed by atoms with van der Waals surface area (Å²) >= 11 is 6.80. The first kappa shape index (κ1) is 16.9. The van der Waals surface area contributed by atoms with Crippen LogP contribution in [-0.2, 0) is 4.74 Å². The van der Waals surface area contributed by atoms with Crippen LogP contribution < -0.4 is 4.74 Å². The van der Waals surface area contributed by atoms with E-state index < -0.39 is 31.2 Å². The molecule has 3 rings (SSSR count). The van der Waals surface area contributed by atoms with Gasteiger partial charge >= 0.3 is 0 Å². The van der Waals surface area contributed by atoms with E-state index in [9.17, 15) is 15.3 Å². The predicted molar refractivity (Wildman–Crippen MR) is 89.4 cm³/mol. The normalized spacial score (nSPS) is 27.5. The fourth-order valence-electron chi connectivity index (χ4n) is 2.44. The number of phenols is 1. The third kappa shape index (κ3) is 3.19. The maximum Gasteiger partial charge on any atom is 0.229 e. The molecule has 4 atom stereocenters. The number of ether oxygens (including phenoxy) is 2. The minimum Gasteiger partial charge on any atom is -0.504 e. The molecule has 0 amide bonds. The van der Waals surface area contributed by atoms with Gasteiger partial charge < -0.3 is 29.9 Å². The van der Waals surface area contributed by atoms with Crippen molar-refractivity contribution in [2.45, 2.75) is 24.6 Å². The van der Waals surface area contributed by atoms with Gasteiger partial charge in [-0.2, -0.15) is 0 Å². The Hall–Kier alpha value is -0.900. The van der Waals surface area contributed by atoms with Gasteiger partial charge in [0.15, 0.2) is 11.5 Å². The Morgan fingerprint density at radius 2 is 1.61 bits per heavy atom. The fraction of sp³-hybridized carbons (Fsp3) is 0.333. The molecule has 1 aliphatic heterocycles. The first-order valence-corrected chi connectivity index (χ1v) is 8.40. The molecule has 23 heavy (non-hydrogen) atoms. The number of rotatable bonds is 3. The largest absolute Gasteiger partial charge is 0.504 e. The van der Waals surface area contributed by atoms with Gasteiger partial charge in [-0.15, -0.1) is 0 Å². The molecule has 0 aliphatic carbocycles. The Kier molecular flexibility index (Phi) is 4.82. The molecule has 1 unspecified atom stereocenters. The Labute approximate surface area is 148 Å². The lowest BCUT2D eigenvalue weighted by Crippen LogP contribution is -2.35. The number of fused-ring (bicyclic) bond motifs is 1. The average molecular weight is 450 g/mol. The van der Waals surface area contributed by atoms with Crippen LogP contribution in [-0.4, -0.2) is 51.6 Å². The van der Waals surface area contributed by atoms with E-state index in [2.05, 4.69) is 31.9 Å². The standard InChI is InChI=1S/C15H14Br2O6/c16-8-1-6-3-10(19)11(4-7(6)2-9(8)17)22-15-14(21)13(20)12(5-18)23-15/h1-4,12-15,18-21H,5H2/t12-,13+,14?,15-/m1/s1. The van der Waals surface area contributed by atoms with E-state index in [4.69, 9.17) is 14.6 Å². The van der Waals surface area contributed by atoms with Gasteiger partial charge in [-0.3, -0.25) is 0 Å². The van der Waals surface area contributed by atoms with Gasteiger partial charge in [-0.25, -0.2) is 0 Å². The van der Waals surface area contributed by atoms with Crippen molar-refractivity contribution in [2.75, 3.05) is 6.61 Å². The summed E-state index contributed by atoms with van der Waals surface area (Å²) in [6.45, 7) is -0.442. The highest BCUT2D eigenvalue weighted by atomic mass is 79.9. The molecular formula is C15H14Br2O6. The van der Waals surface area contributed by atoms with Crippen molar-refractivity contribution in [3.8, 4) is 11.5 Å². The predicted octanol–water partition coefficient (Wildman–Crippen LogP) is 1.89. The van der Waals surface area contributed by atoms with Gasteiger partial charge in [-0.05, 0) is 66.9 Å². The minimum atomic E-state index is -1.32.